The van der Waals surface area contributed by atoms with Gasteiger partial charge >= 0.3 is 0 Å². The van der Waals surface area contributed by atoms with Crippen LogP contribution in [0.3, 0.4) is 0 Å². The minimum atomic E-state index is -0.185. The highest BCUT2D eigenvalue weighted by Crippen LogP contribution is 2.04. The minimum absolute atomic E-state index is 0.0567. The van der Waals surface area contributed by atoms with Crippen molar-refractivity contribution < 1.29 is 9.59 Å². The second-order valence-corrected chi connectivity index (χ2v) is 3.65. The molecule has 0 rings (SSSR count). The Morgan fingerprint density at radius 1 is 1.06 bits per heavy atom. The number of carbonyl (C=O) groups is 2. The number of nitrogens with one attached hydrogen (secondary N) is 2. The third kappa shape index (κ3) is 8.25. The van der Waals surface area contributed by atoms with Crippen molar-refractivity contribution in [3.8, 4) is 0 Å². The summed E-state index contributed by atoms with van der Waals surface area (Å²) in [7, 11) is 0. The zero-order chi connectivity index (χ0) is 13.1. The smallest absolute Gasteiger partial charge is 0.243 e. The van der Waals surface area contributed by atoms with Crippen LogP contribution in [0.25, 0.3) is 0 Å². The number of amides is 2. The SMILES string of the molecule is C=CC(=O)NCCCNC(=O)C=C(CC)CC. The zero-order valence-corrected chi connectivity index (χ0v) is 10.7. The Morgan fingerprint density at radius 3 is 2.06 bits per heavy atom. The van der Waals surface area contributed by atoms with Gasteiger partial charge in [-0.05, 0) is 25.3 Å². The predicted molar refractivity (Wildman–Crippen MR) is 69.5 cm³/mol. The molecule has 0 aromatic rings. The van der Waals surface area contributed by atoms with Gasteiger partial charge in [-0.25, -0.2) is 0 Å². The summed E-state index contributed by atoms with van der Waals surface area (Å²) >= 11 is 0. The maximum Gasteiger partial charge on any atom is 0.243 e. The van der Waals surface area contributed by atoms with Crippen LogP contribution in [0.1, 0.15) is 33.1 Å². The van der Waals surface area contributed by atoms with Crippen LogP contribution in [-0.4, -0.2) is 24.9 Å². The summed E-state index contributed by atoms with van der Waals surface area (Å²) in [6.07, 6.45) is 5.41. The van der Waals surface area contributed by atoms with E-state index in [1.807, 2.05) is 13.8 Å². The van der Waals surface area contributed by atoms with Crippen LogP contribution in [0.5, 0.6) is 0 Å². The Hall–Kier alpha value is -1.58. The van der Waals surface area contributed by atoms with Gasteiger partial charge in [0.05, 0.1) is 0 Å². The zero-order valence-electron chi connectivity index (χ0n) is 10.7. The number of rotatable bonds is 8. The van der Waals surface area contributed by atoms with E-state index in [4.69, 9.17) is 0 Å². The average Bonchev–Trinajstić information content (AvgIpc) is 2.35. The quantitative estimate of drug-likeness (QED) is 0.498. The van der Waals surface area contributed by atoms with Crippen LogP contribution < -0.4 is 10.6 Å². The Balaban J connectivity index is 3.68. The van der Waals surface area contributed by atoms with E-state index in [0.717, 1.165) is 18.4 Å². The summed E-state index contributed by atoms with van der Waals surface area (Å²) in [4.78, 5) is 22.2. The van der Waals surface area contributed by atoms with E-state index in [9.17, 15) is 9.59 Å². The van der Waals surface area contributed by atoms with E-state index in [1.165, 1.54) is 6.08 Å². The van der Waals surface area contributed by atoms with Crippen LogP contribution >= 0.6 is 0 Å². The molecule has 0 heterocycles. The summed E-state index contributed by atoms with van der Waals surface area (Å²) in [5, 5.41) is 5.43. The van der Waals surface area contributed by atoms with Gasteiger partial charge in [0.25, 0.3) is 0 Å². The Labute approximate surface area is 103 Å². The van der Waals surface area contributed by atoms with Crippen molar-refractivity contribution in [2.75, 3.05) is 13.1 Å². The van der Waals surface area contributed by atoms with E-state index in [2.05, 4.69) is 17.2 Å². The molecule has 2 N–H and O–H groups in total. The maximum atomic E-state index is 11.4. The lowest BCUT2D eigenvalue weighted by atomic mass is 10.1. The van der Waals surface area contributed by atoms with E-state index in [-0.39, 0.29) is 11.8 Å². The molecule has 0 aliphatic heterocycles. The first-order chi connectivity index (χ1) is 8.13. The van der Waals surface area contributed by atoms with Crippen molar-refractivity contribution in [2.24, 2.45) is 0 Å². The topological polar surface area (TPSA) is 58.2 Å². The van der Waals surface area contributed by atoms with Gasteiger partial charge in [0.2, 0.25) is 11.8 Å². The lowest BCUT2D eigenvalue weighted by molar-refractivity contribution is -0.116. The van der Waals surface area contributed by atoms with Crippen LogP contribution in [0.2, 0.25) is 0 Å². The first-order valence-electron chi connectivity index (χ1n) is 6.01. The molecule has 0 aromatic heterocycles. The number of carbonyl (C=O) groups excluding carboxylic acids is 2. The van der Waals surface area contributed by atoms with Crippen molar-refractivity contribution in [1.29, 1.82) is 0 Å². The van der Waals surface area contributed by atoms with Gasteiger partial charge in [0.15, 0.2) is 0 Å². The van der Waals surface area contributed by atoms with Gasteiger partial charge in [-0.15, -0.1) is 0 Å². The Morgan fingerprint density at radius 2 is 1.59 bits per heavy atom. The van der Waals surface area contributed by atoms with Crippen molar-refractivity contribution in [3.05, 3.63) is 24.3 Å². The van der Waals surface area contributed by atoms with Crippen molar-refractivity contribution in [3.63, 3.8) is 0 Å². The molecule has 0 saturated heterocycles. The molecule has 4 nitrogen and oxygen atoms in total. The normalized spacial score (nSPS) is 9.29. The molecule has 0 fully saturated rings. The molecular weight excluding hydrogens is 216 g/mol. The highest BCUT2D eigenvalue weighted by atomic mass is 16.2. The van der Waals surface area contributed by atoms with Crippen LogP contribution in [0.15, 0.2) is 24.3 Å². The van der Waals surface area contributed by atoms with Gasteiger partial charge < -0.3 is 10.6 Å². The largest absolute Gasteiger partial charge is 0.353 e. The van der Waals surface area contributed by atoms with Crippen LogP contribution in [-0.2, 0) is 9.59 Å². The lowest BCUT2D eigenvalue weighted by Gasteiger charge is -2.04. The molecule has 0 bridgehead atoms. The maximum absolute atomic E-state index is 11.4. The molecule has 0 saturated carbocycles. The fourth-order valence-electron chi connectivity index (χ4n) is 1.27. The molecule has 0 spiro atoms. The Kier molecular flexibility index (Phi) is 8.74. The molecule has 4 heteroatoms. The van der Waals surface area contributed by atoms with Gasteiger partial charge in [0, 0.05) is 19.2 Å². The van der Waals surface area contributed by atoms with Crippen molar-refractivity contribution in [1.82, 2.24) is 10.6 Å². The van der Waals surface area contributed by atoms with Crippen molar-refractivity contribution >= 4 is 11.8 Å². The summed E-state index contributed by atoms with van der Waals surface area (Å²) in [6.45, 7) is 8.53. The second kappa shape index (κ2) is 9.63. The minimum Gasteiger partial charge on any atom is -0.353 e. The highest BCUT2D eigenvalue weighted by molar-refractivity contribution is 5.88. The van der Waals surface area contributed by atoms with Gasteiger partial charge in [0.1, 0.15) is 0 Å². The molecule has 0 atom stereocenters. The van der Waals surface area contributed by atoms with E-state index < -0.39 is 0 Å². The van der Waals surface area contributed by atoms with Crippen LogP contribution in [0.4, 0.5) is 0 Å². The lowest BCUT2D eigenvalue weighted by Crippen LogP contribution is -2.28. The summed E-state index contributed by atoms with van der Waals surface area (Å²) < 4.78 is 0. The van der Waals surface area contributed by atoms with E-state index in [0.29, 0.717) is 19.5 Å². The summed E-state index contributed by atoms with van der Waals surface area (Å²) in [5.74, 6) is -0.241. The molecule has 0 aromatic carbocycles. The van der Waals surface area contributed by atoms with E-state index in [1.54, 1.807) is 6.08 Å². The summed E-state index contributed by atoms with van der Waals surface area (Å²) in [6, 6.07) is 0. The molecule has 0 aliphatic carbocycles. The second-order valence-electron chi connectivity index (χ2n) is 3.65. The van der Waals surface area contributed by atoms with Crippen LogP contribution in [0, 0.1) is 0 Å². The van der Waals surface area contributed by atoms with Crippen molar-refractivity contribution in [2.45, 2.75) is 33.1 Å². The van der Waals surface area contributed by atoms with Gasteiger partial charge in [-0.1, -0.05) is 26.0 Å². The first kappa shape index (κ1) is 15.4. The standard InChI is InChI=1S/C13H22N2O2/c1-4-11(5-2)10-13(17)15-9-7-8-14-12(16)6-3/h6,10H,3-5,7-9H2,1-2H3,(H,14,16)(H,15,17). The molecule has 17 heavy (non-hydrogen) atoms. The molecular formula is C13H22N2O2. The number of hydrogen-bond acceptors (Lipinski definition) is 2. The molecule has 0 radical (unpaired) electrons. The monoisotopic (exact) mass is 238 g/mol. The molecule has 96 valence electrons. The third-order valence-electron chi connectivity index (χ3n) is 2.38. The Bertz CT molecular complexity index is 290. The fourth-order valence-corrected chi connectivity index (χ4v) is 1.27. The molecule has 0 aliphatic rings. The van der Waals surface area contributed by atoms with Gasteiger partial charge in [-0.2, -0.15) is 0 Å². The molecule has 2 amide bonds. The average molecular weight is 238 g/mol. The predicted octanol–water partition coefficient (Wildman–Crippen LogP) is 1.54. The molecule has 0 unspecified atom stereocenters. The number of hydrogen-bond donors (Lipinski definition) is 2. The summed E-state index contributed by atoms with van der Waals surface area (Å²) in [5.41, 5.74) is 1.14. The highest BCUT2D eigenvalue weighted by Gasteiger charge is 1.98. The van der Waals surface area contributed by atoms with Gasteiger partial charge in [-0.3, -0.25) is 9.59 Å². The van der Waals surface area contributed by atoms with E-state index >= 15 is 0 Å². The number of allylic oxidation sites excluding steroid dienone is 1. The first-order valence-corrected chi connectivity index (χ1v) is 6.01. The fraction of sp³-hybridized carbons (Fsp3) is 0.538. The third-order valence-corrected chi connectivity index (χ3v) is 2.38.